The van der Waals surface area contributed by atoms with Gasteiger partial charge in [0, 0.05) is 25.4 Å². The second-order valence-corrected chi connectivity index (χ2v) is 9.75. The third-order valence-electron chi connectivity index (χ3n) is 4.72. The van der Waals surface area contributed by atoms with E-state index < -0.39 is 27.6 Å². The third kappa shape index (κ3) is 5.11. The average Bonchev–Trinajstić information content (AvgIpc) is 2.97. The van der Waals surface area contributed by atoms with Crippen LogP contribution in [0, 0.1) is 30.1 Å². The van der Waals surface area contributed by atoms with Crippen molar-refractivity contribution in [3.63, 3.8) is 0 Å². The molecule has 0 aliphatic carbocycles. The van der Waals surface area contributed by atoms with Crippen LogP contribution in [0.5, 0.6) is 5.75 Å². The maximum absolute atomic E-state index is 13.0. The number of nitrogens with zero attached hydrogens (tertiary/aromatic N) is 2. The van der Waals surface area contributed by atoms with Crippen molar-refractivity contribution < 1.29 is 23.1 Å². The van der Waals surface area contributed by atoms with Crippen LogP contribution in [0.4, 0.5) is 5.69 Å². The minimum atomic E-state index is -3.97. The molecule has 3 N–H and O–H groups in total. The number of hydrogen-bond donors (Lipinski definition) is 3. The van der Waals surface area contributed by atoms with Crippen molar-refractivity contribution >= 4 is 21.6 Å². The molecule has 1 aliphatic rings. The minimum absolute atomic E-state index is 0.0349. The van der Waals surface area contributed by atoms with Crippen molar-refractivity contribution in [3.8, 4) is 23.7 Å². The number of ether oxygens (including phenoxy) is 1. The first kappa shape index (κ1) is 23.4. The number of rotatable bonds is 3. The Labute approximate surface area is 187 Å². The molecule has 1 aliphatic heterocycles. The fraction of sp³-hybridized carbons (Fsp3) is 0.364. The Balaban J connectivity index is 1.89. The first-order valence-electron chi connectivity index (χ1n) is 9.80. The van der Waals surface area contributed by atoms with Crippen LogP contribution in [0.25, 0.3) is 0 Å². The van der Waals surface area contributed by atoms with Crippen molar-refractivity contribution in [1.29, 1.82) is 5.26 Å². The van der Waals surface area contributed by atoms with Gasteiger partial charge in [-0.05, 0) is 38.5 Å². The number of benzene rings is 1. The zero-order valence-corrected chi connectivity index (χ0v) is 19.0. The Morgan fingerprint density at radius 1 is 1.44 bits per heavy atom. The zero-order valence-electron chi connectivity index (χ0n) is 18.2. The van der Waals surface area contributed by atoms with Gasteiger partial charge >= 0.3 is 0 Å². The van der Waals surface area contributed by atoms with E-state index in [1.54, 1.807) is 32.2 Å². The zero-order chi connectivity index (χ0) is 23.7. The van der Waals surface area contributed by atoms with Crippen LogP contribution in [0.1, 0.15) is 41.9 Å². The Morgan fingerprint density at radius 3 is 2.81 bits per heavy atom. The van der Waals surface area contributed by atoms with Gasteiger partial charge in [0.2, 0.25) is 10.0 Å². The maximum atomic E-state index is 13.0. The molecule has 32 heavy (non-hydrogen) atoms. The molecule has 2 heterocycles. The summed E-state index contributed by atoms with van der Waals surface area (Å²) < 4.78 is 35.4. The number of carbonyl (C=O) groups is 1. The van der Waals surface area contributed by atoms with Crippen LogP contribution in [-0.2, 0) is 17.1 Å². The molecule has 1 atom stereocenters. The fourth-order valence-electron chi connectivity index (χ4n) is 3.17. The summed E-state index contributed by atoms with van der Waals surface area (Å²) in [7, 11) is -2.42. The number of nitriles is 1. The second-order valence-electron chi connectivity index (χ2n) is 8.07. The number of sulfonamides is 1. The number of nitrogens with one attached hydrogen (secondary N) is 2. The molecule has 3 rings (SSSR count). The van der Waals surface area contributed by atoms with Crippen LogP contribution in [-0.4, -0.2) is 42.2 Å². The van der Waals surface area contributed by atoms with Crippen LogP contribution in [0.3, 0.4) is 0 Å². The Kier molecular flexibility index (Phi) is 6.33. The van der Waals surface area contributed by atoms with E-state index in [9.17, 15) is 23.6 Å². The van der Waals surface area contributed by atoms with E-state index >= 15 is 0 Å². The van der Waals surface area contributed by atoms with Crippen molar-refractivity contribution in [3.05, 3.63) is 41.2 Å². The topological polar surface area (TPSA) is 133 Å². The summed E-state index contributed by atoms with van der Waals surface area (Å²) in [5.41, 5.74) is 0.444. The van der Waals surface area contributed by atoms with E-state index in [2.05, 4.69) is 27.9 Å². The Morgan fingerprint density at radius 2 is 2.16 bits per heavy atom. The number of amides is 1. The lowest BCUT2D eigenvalue weighted by Crippen LogP contribution is -2.36. The number of hydrogen-bond acceptors (Lipinski definition) is 6. The van der Waals surface area contributed by atoms with Crippen LogP contribution < -0.4 is 14.8 Å². The maximum Gasteiger partial charge on any atom is 0.276 e. The summed E-state index contributed by atoms with van der Waals surface area (Å²) in [5, 5.41) is 21.6. The van der Waals surface area contributed by atoms with Crippen molar-refractivity contribution in [1.82, 2.24) is 9.29 Å². The fourth-order valence-corrected chi connectivity index (χ4v) is 4.59. The van der Waals surface area contributed by atoms with Crippen LogP contribution >= 0.6 is 0 Å². The van der Waals surface area contributed by atoms with E-state index in [4.69, 9.17) is 4.74 Å². The van der Waals surface area contributed by atoms with Gasteiger partial charge in [-0.2, -0.15) is 5.26 Å². The molecule has 9 nitrogen and oxygen atoms in total. The average molecular weight is 457 g/mol. The number of aromatic nitrogens is 1. The van der Waals surface area contributed by atoms with Gasteiger partial charge < -0.3 is 19.7 Å². The molecule has 2 aromatic rings. The van der Waals surface area contributed by atoms with Gasteiger partial charge in [-0.1, -0.05) is 17.9 Å². The van der Waals surface area contributed by atoms with E-state index in [1.165, 1.54) is 24.6 Å². The highest BCUT2D eigenvalue weighted by Crippen LogP contribution is 2.33. The first-order valence-corrected chi connectivity index (χ1v) is 11.3. The Bertz CT molecular complexity index is 1270. The number of aryl methyl sites for hydroxylation is 2. The number of carbonyl (C=O) groups excluding carboxylic acids is 1. The lowest BCUT2D eigenvalue weighted by molar-refractivity contribution is 0.101. The Hall–Kier alpha value is -3.31. The van der Waals surface area contributed by atoms with E-state index in [1.807, 2.05) is 0 Å². The predicted octanol–water partition coefficient (Wildman–Crippen LogP) is 1.66. The normalized spacial score (nSPS) is 17.1. The summed E-state index contributed by atoms with van der Waals surface area (Å²) in [5.74, 6) is 4.77. The van der Waals surface area contributed by atoms with Gasteiger partial charge in [0.15, 0.2) is 11.4 Å². The molecule has 1 aromatic carbocycles. The van der Waals surface area contributed by atoms with Gasteiger partial charge in [-0.3, -0.25) is 4.79 Å². The van der Waals surface area contributed by atoms with Crippen molar-refractivity contribution in [2.45, 2.75) is 43.7 Å². The highest BCUT2D eigenvalue weighted by atomic mass is 32.2. The van der Waals surface area contributed by atoms with Crippen molar-refractivity contribution in [2.24, 2.45) is 7.05 Å². The smallest absolute Gasteiger partial charge is 0.276 e. The van der Waals surface area contributed by atoms with Gasteiger partial charge in [0.05, 0.1) is 17.7 Å². The molecule has 1 amide bonds. The molecule has 0 spiro atoms. The molecular weight excluding hydrogens is 432 g/mol. The largest absolute Gasteiger partial charge is 0.488 e. The van der Waals surface area contributed by atoms with Gasteiger partial charge in [0.25, 0.3) is 5.91 Å². The summed E-state index contributed by atoms with van der Waals surface area (Å²) in [6.45, 7) is 4.81. The van der Waals surface area contributed by atoms with Crippen LogP contribution in [0.2, 0.25) is 0 Å². The number of anilines is 1. The molecule has 0 saturated carbocycles. The van der Waals surface area contributed by atoms with Crippen molar-refractivity contribution in [2.75, 3.05) is 11.9 Å². The lowest BCUT2D eigenvalue weighted by Gasteiger charge is -2.14. The van der Waals surface area contributed by atoms with E-state index in [-0.39, 0.29) is 29.4 Å². The monoisotopic (exact) mass is 456 g/mol. The second kappa shape index (κ2) is 8.67. The molecule has 0 fully saturated rings. The molecule has 168 valence electrons. The summed E-state index contributed by atoms with van der Waals surface area (Å²) in [6, 6.07) is 6.32. The molecule has 1 aromatic heterocycles. The molecule has 0 bridgehead atoms. The molecule has 0 radical (unpaired) electrons. The van der Waals surface area contributed by atoms with Gasteiger partial charge in [-0.15, -0.1) is 0 Å². The standard InChI is InChI=1S/C22H24N4O5S/c1-14-7-8-16(10-15(14)11-23)24-21(27)19-20-18(12-26(19)4)32(29,30)25-17(13-31-20)6-5-9-22(2,3)28/h7-8,10,12,17,25,28H,6,13H2,1-4H3,(H,24,27)/t17-/m0/s1. The number of aliphatic hydroxyl groups is 1. The van der Waals surface area contributed by atoms with E-state index in [0.29, 0.717) is 11.3 Å². The summed E-state index contributed by atoms with van der Waals surface area (Å²) in [4.78, 5) is 12.8. The summed E-state index contributed by atoms with van der Waals surface area (Å²) >= 11 is 0. The first-order chi connectivity index (χ1) is 14.9. The van der Waals surface area contributed by atoms with Gasteiger partial charge in [-0.25, -0.2) is 13.1 Å². The highest BCUT2D eigenvalue weighted by Gasteiger charge is 2.34. The number of fused-ring (bicyclic) bond motifs is 1. The van der Waals surface area contributed by atoms with Gasteiger partial charge in [0.1, 0.15) is 17.1 Å². The highest BCUT2D eigenvalue weighted by molar-refractivity contribution is 7.89. The summed E-state index contributed by atoms with van der Waals surface area (Å²) in [6.07, 6.45) is 1.44. The third-order valence-corrected chi connectivity index (χ3v) is 6.23. The molecular formula is C22H24N4O5S. The molecule has 0 saturated heterocycles. The lowest BCUT2D eigenvalue weighted by atomic mass is 10.1. The van der Waals surface area contributed by atoms with E-state index in [0.717, 1.165) is 5.56 Å². The predicted molar refractivity (Wildman–Crippen MR) is 118 cm³/mol. The molecule has 10 heteroatoms. The molecule has 0 unspecified atom stereocenters. The quantitative estimate of drug-likeness (QED) is 0.602. The van der Waals surface area contributed by atoms with Crippen LogP contribution in [0.15, 0.2) is 29.3 Å². The minimum Gasteiger partial charge on any atom is -0.488 e. The SMILES string of the molecule is Cc1ccc(NC(=O)c2c3c(cn2C)S(=O)(=O)N[C@@H](CC#CC(C)(C)O)CO3)cc1C#N.